The summed E-state index contributed by atoms with van der Waals surface area (Å²) in [6.45, 7) is 16.8. The fourth-order valence-electron chi connectivity index (χ4n) is 7.95. The van der Waals surface area contributed by atoms with Crippen molar-refractivity contribution in [3.05, 3.63) is 144 Å². The average Bonchev–Trinajstić information content (AvgIpc) is 4.13. The lowest BCUT2D eigenvalue weighted by atomic mass is 9.85. The number of methoxy groups -OCH3 is 5. The standard InChI is InChI=1S/C61H80N2O13Si/c1-13-77(14-2,15-3)76-55(61(6,7)45-72-41-47-32-36-49(67-9)37-33-47)29-25-21-17-19-23-27-51(69-11)39-57-63-53(43-74-57)59(65)75-54(60(4,5)44-71-40-46-30-34-48(66-8)35-31-46)28-24-20-16-18-22-26-50(68-10)38-56-62-52(42-73-56)58(64)70-12/h20-27,30-37,42-43,50-51,54-55H,13-15,28-29,38-41,44-45H2,1-12H3/b24-20-,25-21-,26-22+,27-23+/t50-,51-,54-,55-/m0/s1. The maximum Gasteiger partial charge on any atom is 0.360 e. The highest BCUT2D eigenvalue weighted by molar-refractivity contribution is 6.73. The van der Waals surface area contributed by atoms with Crippen LogP contribution in [-0.4, -0.2) is 103 Å². The van der Waals surface area contributed by atoms with Crippen LogP contribution in [0.3, 0.4) is 0 Å². The Morgan fingerprint density at radius 2 is 1.01 bits per heavy atom. The Morgan fingerprint density at radius 1 is 0.597 bits per heavy atom. The molecule has 77 heavy (non-hydrogen) atoms. The van der Waals surface area contributed by atoms with Gasteiger partial charge in [-0.1, -0.05) is 109 Å². The van der Waals surface area contributed by atoms with Crippen LogP contribution in [0.15, 0.2) is 118 Å². The lowest BCUT2D eigenvalue weighted by Gasteiger charge is -2.41. The number of carbonyl (C=O) groups is 2. The van der Waals surface area contributed by atoms with Gasteiger partial charge in [0.2, 0.25) is 0 Å². The summed E-state index contributed by atoms with van der Waals surface area (Å²) in [6.07, 6.45) is 17.1. The van der Waals surface area contributed by atoms with Crippen LogP contribution < -0.4 is 9.47 Å². The molecule has 16 heteroatoms. The predicted molar refractivity (Wildman–Crippen MR) is 299 cm³/mol. The van der Waals surface area contributed by atoms with Gasteiger partial charge in [0, 0.05) is 31.5 Å². The lowest BCUT2D eigenvalue weighted by Crippen LogP contribution is -2.46. The van der Waals surface area contributed by atoms with Crippen molar-refractivity contribution in [1.29, 1.82) is 0 Å². The fourth-order valence-corrected chi connectivity index (χ4v) is 11.0. The van der Waals surface area contributed by atoms with Crippen molar-refractivity contribution in [2.45, 2.75) is 130 Å². The molecule has 4 aromatic rings. The van der Waals surface area contributed by atoms with Crippen molar-refractivity contribution in [2.24, 2.45) is 10.8 Å². The lowest BCUT2D eigenvalue weighted by molar-refractivity contribution is -0.0462. The third kappa shape index (κ3) is 21.4. The topological polar surface area (TPSA) is 169 Å². The molecule has 0 fully saturated rings. The summed E-state index contributed by atoms with van der Waals surface area (Å²) in [5.41, 5.74) is 1.29. The zero-order chi connectivity index (χ0) is 56.1. The van der Waals surface area contributed by atoms with Gasteiger partial charge in [0.25, 0.3) is 0 Å². The van der Waals surface area contributed by atoms with Gasteiger partial charge in [0.05, 0.1) is 78.9 Å². The molecule has 0 radical (unpaired) electrons. The summed E-state index contributed by atoms with van der Waals surface area (Å²) < 4.78 is 63.3. The Balaban J connectivity index is 1.38. The van der Waals surface area contributed by atoms with E-state index in [1.807, 2.05) is 80.6 Å². The maximum atomic E-state index is 13.7. The number of hydrogen-bond donors (Lipinski definition) is 0. The maximum absolute atomic E-state index is 13.7. The molecule has 0 aliphatic carbocycles. The van der Waals surface area contributed by atoms with Gasteiger partial charge < -0.3 is 51.2 Å². The van der Waals surface area contributed by atoms with Gasteiger partial charge in [0.1, 0.15) is 30.1 Å². The minimum atomic E-state index is -1.93. The molecule has 0 aliphatic rings. The van der Waals surface area contributed by atoms with Gasteiger partial charge in [0.15, 0.2) is 31.5 Å². The molecule has 2 aromatic heterocycles. The van der Waals surface area contributed by atoms with Crippen LogP contribution in [0.1, 0.15) is 105 Å². The first-order chi connectivity index (χ1) is 37.1. The zero-order valence-electron chi connectivity index (χ0n) is 47.2. The summed E-state index contributed by atoms with van der Waals surface area (Å²) in [5.74, 6) is 13.1. The Hall–Kier alpha value is -6.50. The number of aromatic nitrogens is 2. The van der Waals surface area contributed by atoms with E-state index in [9.17, 15) is 9.59 Å². The number of carbonyl (C=O) groups excluding carboxylic acids is 2. The highest BCUT2D eigenvalue weighted by Gasteiger charge is 2.38. The van der Waals surface area contributed by atoms with Gasteiger partial charge >= 0.3 is 11.9 Å². The van der Waals surface area contributed by atoms with Gasteiger partial charge in [-0.15, -0.1) is 0 Å². The van der Waals surface area contributed by atoms with E-state index < -0.39 is 44.0 Å². The van der Waals surface area contributed by atoms with E-state index in [-0.39, 0.29) is 42.4 Å². The van der Waals surface area contributed by atoms with Crippen LogP contribution in [0.25, 0.3) is 0 Å². The highest BCUT2D eigenvalue weighted by Crippen LogP contribution is 2.34. The van der Waals surface area contributed by atoms with Gasteiger partial charge in [-0.05, 0) is 96.4 Å². The Morgan fingerprint density at radius 3 is 1.43 bits per heavy atom. The molecule has 0 amide bonds. The number of esters is 2. The molecule has 4 atom stereocenters. The van der Waals surface area contributed by atoms with Gasteiger partial charge in [-0.25, -0.2) is 19.6 Å². The smallest absolute Gasteiger partial charge is 0.360 e. The number of hydrogen-bond acceptors (Lipinski definition) is 15. The molecule has 0 aliphatic heterocycles. The molecule has 15 nitrogen and oxygen atoms in total. The van der Waals surface area contributed by atoms with Crippen molar-refractivity contribution in [3.8, 4) is 35.2 Å². The quantitative estimate of drug-likeness (QED) is 0.0257. The highest BCUT2D eigenvalue weighted by atomic mass is 28.4. The molecule has 0 bridgehead atoms. The number of allylic oxidation sites excluding steroid dienone is 4. The summed E-state index contributed by atoms with van der Waals surface area (Å²) >= 11 is 0. The zero-order valence-corrected chi connectivity index (χ0v) is 48.2. The normalized spacial score (nSPS) is 13.8. The van der Waals surface area contributed by atoms with Gasteiger partial charge in [-0.2, -0.15) is 0 Å². The molecule has 2 heterocycles. The Kier molecular flexibility index (Phi) is 27.0. The van der Waals surface area contributed by atoms with E-state index >= 15 is 0 Å². The van der Waals surface area contributed by atoms with Crippen LogP contribution in [-0.2, 0) is 58.9 Å². The molecule has 2 aromatic carbocycles. The van der Waals surface area contributed by atoms with Crippen LogP contribution in [0, 0.1) is 34.5 Å². The molecule has 0 saturated heterocycles. The number of benzene rings is 2. The first-order valence-corrected chi connectivity index (χ1v) is 28.6. The molecule has 0 unspecified atom stereocenters. The minimum Gasteiger partial charge on any atom is -0.497 e. The molecular formula is C61H80N2O13Si. The SMILES string of the molecule is CC[Si](CC)(CC)O[C@@H](C/C=C\C#C/C=C/[C@@H](Cc1nc(C(=O)O[C@@H](C/C=C\C#C/C=C/[C@@H](Cc2nc(C(=O)OC)co2)OC)C(C)(C)COCc2ccc(OC)cc2)co1)OC)C(C)(C)COCc1ccc(OC)cc1. The van der Waals surface area contributed by atoms with E-state index in [0.717, 1.165) is 40.8 Å². The summed E-state index contributed by atoms with van der Waals surface area (Å²) in [4.78, 5) is 34.1. The third-order valence-electron chi connectivity index (χ3n) is 13.2. The molecule has 0 N–H and O–H groups in total. The second-order valence-corrected chi connectivity index (χ2v) is 24.4. The molecular weight excluding hydrogens is 997 g/mol. The first-order valence-electron chi connectivity index (χ1n) is 26.0. The first kappa shape index (κ1) is 63.0. The van der Waals surface area contributed by atoms with E-state index in [1.165, 1.54) is 19.6 Å². The van der Waals surface area contributed by atoms with Crippen molar-refractivity contribution in [2.75, 3.05) is 48.8 Å². The molecule has 0 saturated carbocycles. The second kappa shape index (κ2) is 32.9. The summed E-state index contributed by atoms with van der Waals surface area (Å²) in [5, 5.41) is 0. The van der Waals surface area contributed by atoms with Crippen LogP contribution in [0.2, 0.25) is 18.1 Å². The van der Waals surface area contributed by atoms with E-state index in [0.29, 0.717) is 44.4 Å². The summed E-state index contributed by atoms with van der Waals surface area (Å²) in [6, 6.07) is 18.7. The van der Waals surface area contributed by atoms with Crippen molar-refractivity contribution in [3.63, 3.8) is 0 Å². The number of rotatable bonds is 32. The van der Waals surface area contributed by atoms with E-state index in [1.54, 1.807) is 52.7 Å². The number of ether oxygens (including phenoxy) is 8. The van der Waals surface area contributed by atoms with Crippen LogP contribution in [0.4, 0.5) is 0 Å². The monoisotopic (exact) mass is 1080 g/mol. The van der Waals surface area contributed by atoms with E-state index in [4.69, 9.17) is 46.4 Å². The Bertz CT molecular complexity index is 2630. The van der Waals surface area contributed by atoms with Gasteiger partial charge in [-0.3, -0.25) is 0 Å². The molecule has 4 rings (SSSR count). The fraction of sp³-hybridized carbons (Fsp3) is 0.475. The average molecular weight is 1080 g/mol. The van der Waals surface area contributed by atoms with E-state index in [2.05, 4.69) is 79.1 Å². The molecule has 0 spiro atoms. The van der Waals surface area contributed by atoms with Crippen molar-refractivity contribution in [1.82, 2.24) is 9.97 Å². The van der Waals surface area contributed by atoms with Crippen molar-refractivity contribution < 1.29 is 60.7 Å². The van der Waals surface area contributed by atoms with Crippen molar-refractivity contribution >= 4 is 20.3 Å². The Labute approximate surface area is 457 Å². The number of nitrogens with zero attached hydrogens (tertiary/aromatic N) is 2. The predicted octanol–water partition coefficient (Wildman–Crippen LogP) is 11.7. The minimum absolute atomic E-state index is 0.0302. The second-order valence-electron chi connectivity index (χ2n) is 19.7. The van der Waals surface area contributed by atoms with Crippen LogP contribution in [0.5, 0.6) is 11.5 Å². The van der Waals surface area contributed by atoms with Crippen LogP contribution >= 0.6 is 0 Å². The largest absolute Gasteiger partial charge is 0.497 e. The number of oxazole rings is 2. The summed E-state index contributed by atoms with van der Waals surface area (Å²) in [7, 11) is 5.78. The third-order valence-corrected chi connectivity index (χ3v) is 17.9. The molecule has 416 valence electrons.